The molecule has 0 amide bonds. The minimum atomic E-state index is 0.204. The molecule has 0 saturated heterocycles. The maximum Gasteiger partial charge on any atom is 0.208 e. The Labute approximate surface area is 84.0 Å². The molecule has 1 nitrogen and oxygen atoms in total. The van der Waals surface area contributed by atoms with Crippen LogP contribution in [0.4, 0.5) is 0 Å². The normalized spacial score (nSPS) is 10.1. The van der Waals surface area contributed by atoms with E-state index >= 15 is 0 Å². The van der Waals surface area contributed by atoms with E-state index in [0.717, 1.165) is 10.9 Å². The molecule has 0 N–H and O–H groups in total. The smallest absolute Gasteiger partial charge is 0.208 e. The summed E-state index contributed by atoms with van der Waals surface area (Å²) in [6.45, 7) is 1.89. The van der Waals surface area contributed by atoms with Crippen molar-refractivity contribution in [2.45, 2.75) is 6.82 Å². The maximum atomic E-state index is 11.5. The molecule has 0 atom stereocenters. The summed E-state index contributed by atoms with van der Waals surface area (Å²) in [6.07, 6.45) is 0. The van der Waals surface area contributed by atoms with E-state index in [4.69, 9.17) is 0 Å². The third kappa shape index (κ3) is 1.56. The van der Waals surface area contributed by atoms with Crippen molar-refractivity contribution in [3.8, 4) is 0 Å². The zero-order chi connectivity index (χ0) is 9.97. The van der Waals surface area contributed by atoms with Crippen LogP contribution in [0, 0.1) is 0 Å². The van der Waals surface area contributed by atoms with Gasteiger partial charge in [0.2, 0.25) is 7.28 Å². The van der Waals surface area contributed by atoms with Gasteiger partial charge in [-0.2, -0.15) is 0 Å². The highest BCUT2D eigenvalue weighted by Crippen LogP contribution is 2.15. The van der Waals surface area contributed by atoms with Gasteiger partial charge in [0.05, 0.1) is 0 Å². The average molecular weight is 182 g/mol. The lowest BCUT2D eigenvalue weighted by molar-refractivity contribution is 0.107. The lowest BCUT2D eigenvalue weighted by Crippen LogP contribution is -2.04. The molecule has 0 bridgehead atoms. The summed E-state index contributed by atoms with van der Waals surface area (Å²) in [5.41, 5.74) is 1.02. The quantitative estimate of drug-likeness (QED) is 0.652. The minimum absolute atomic E-state index is 0.204. The molecule has 0 radical (unpaired) electrons. The first-order valence-electron chi connectivity index (χ1n) is 4.83. The lowest BCUT2D eigenvalue weighted by atomic mass is 9.73. The summed E-state index contributed by atoms with van der Waals surface area (Å²) in [4.78, 5) is 11.5. The van der Waals surface area contributed by atoms with E-state index in [9.17, 15) is 4.79 Å². The molecule has 68 valence electrons. The standard InChI is InChI=1S/C12H11BO/c1-13-12(14)11-7-6-9-4-2-3-5-10(9)8-11/h2-8,13H,1H3. The van der Waals surface area contributed by atoms with Crippen LogP contribution in [0.15, 0.2) is 42.5 Å². The van der Waals surface area contributed by atoms with Crippen LogP contribution in [0.2, 0.25) is 6.82 Å². The van der Waals surface area contributed by atoms with Crippen LogP contribution in [-0.4, -0.2) is 13.0 Å². The van der Waals surface area contributed by atoms with Crippen LogP contribution in [0.25, 0.3) is 10.8 Å². The van der Waals surface area contributed by atoms with Crippen LogP contribution in [-0.2, 0) is 0 Å². The monoisotopic (exact) mass is 182 g/mol. The first-order chi connectivity index (χ1) is 6.81. The van der Waals surface area contributed by atoms with Crippen molar-refractivity contribution in [3.63, 3.8) is 0 Å². The Morgan fingerprint density at radius 1 is 1.07 bits per heavy atom. The second-order valence-corrected chi connectivity index (χ2v) is 3.34. The number of hydrogen-bond acceptors (Lipinski definition) is 1. The molecule has 0 unspecified atom stereocenters. The molecule has 2 rings (SSSR count). The Kier molecular flexibility index (Phi) is 2.36. The molecule has 0 aliphatic rings. The molecule has 0 fully saturated rings. The van der Waals surface area contributed by atoms with E-state index in [-0.39, 0.29) is 5.68 Å². The molecule has 2 aromatic carbocycles. The third-order valence-electron chi connectivity index (χ3n) is 2.39. The SMILES string of the molecule is CBC(=O)c1ccc2ccccc2c1. The summed E-state index contributed by atoms with van der Waals surface area (Å²) in [5, 5.41) is 2.31. The Morgan fingerprint density at radius 3 is 2.50 bits per heavy atom. The molecule has 0 aliphatic heterocycles. The van der Waals surface area contributed by atoms with Crippen molar-refractivity contribution < 1.29 is 4.79 Å². The molecule has 0 heterocycles. The number of rotatable bonds is 2. The maximum absolute atomic E-state index is 11.5. The predicted octanol–water partition coefficient (Wildman–Crippen LogP) is 2.46. The predicted molar refractivity (Wildman–Crippen MR) is 61.3 cm³/mol. The molecule has 2 aromatic rings. The van der Waals surface area contributed by atoms with E-state index < -0.39 is 0 Å². The Morgan fingerprint density at radius 2 is 1.79 bits per heavy atom. The van der Waals surface area contributed by atoms with Gasteiger partial charge in [0, 0.05) is 5.56 Å². The highest BCUT2D eigenvalue weighted by Gasteiger charge is 2.03. The molecule has 0 spiro atoms. The van der Waals surface area contributed by atoms with Gasteiger partial charge in [0.25, 0.3) is 0 Å². The van der Waals surface area contributed by atoms with Gasteiger partial charge < -0.3 is 4.79 Å². The average Bonchev–Trinajstić information content (AvgIpc) is 2.27. The van der Waals surface area contributed by atoms with E-state index in [1.165, 1.54) is 5.39 Å². The van der Waals surface area contributed by atoms with Gasteiger partial charge in [-0.1, -0.05) is 43.2 Å². The van der Waals surface area contributed by atoms with Crippen LogP contribution in [0.5, 0.6) is 0 Å². The zero-order valence-electron chi connectivity index (χ0n) is 8.16. The summed E-state index contributed by atoms with van der Waals surface area (Å²) in [6, 6.07) is 13.9. The molecule has 0 aliphatic carbocycles. The van der Waals surface area contributed by atoms with Crippen LogP contribution in [0.3, 0.4) is 0 Å². The lowest BCUT2D eigenvalue weighted by Gasteiger charge is -2.00. The highest BCUT2D eigenvalue weighted by atomic mass is 16.1. The summed E-state index contributed by atoms with van der Waals surface area (Å²) in [5.74, 6) is 0. The van der Waals surface area contributed by atoms with E-state index in [2.05, 4.69) is 6.07 Å². The number of carbonyl (C=O) groups is 1. The van der Waals surface area contributed by atoms with E-state index in [1.807, 2.05) is 43.2 Å². The minimum Gasteiger partial charge on any atom is -0.306 e. The number of benzene rings is 2. The zero-order valence-corrected chi connectivity index (χ0v) is 8.16. The molecular formula is C12H11BO. The summed E-state index contributed by atoms with van der Waals surface area (Å²) in [7, 11) is 0.568. The molecular weight excluding hydrogens is 171 g/mol. The van der Waals surface area contributed by atoms with Crippen molar-refractivity contribution in [3.05, 3.63) is 48.0 Å². The van der Waals surface area contributed by atoms with Gasteiger partial charge in [0.15, 0.2) is 0 Å². The number of carbonyl (C=O) groups excluding carboxylic acids is 1. The van der Waals surface area contributed by atoms with Crippen molar-refractivity contribution in [1.82, 2.24) is 0 Å². The highest BCUT2D eigenvalue weighted by molar-refractivity contribution is 6.76. The van der Waals surface area contributed by atoms with Crippen LogP contribution < -0.4 is 0 Å². The topological polar surface area (TPSA) is 17.1 Å². The van der Waals surface area contributed by atoms with Crippen molar-refractivity contribution >= 4 is 23.7 Å². The van der Waals surface area contributed by atoms with E-state index in [1.54, 1.807) is 0 Å². The molecule has 14 heavy (non-hydrogen) atoms. The van der Waals surface area contributed by atoms with Gasteiger partial charge in [0.1, 0.15) is 5.68 Å². The van der Waals surface area contributed by atoms with Crippen molar-refractivity contribution in [1.29, 1.82) is 0 Å². The fourth-order valence-electron chi connectivity index (χ4n) is 1.57. The summed E-state index contributed by atoms with van der Waals surface area (Å²) >= 11 is 0. The van der Waals surface area contributed by atoms with Gasteiger partial charge in [-0.3, -0.25) is 0 Å². The molecule has 0 saturated carbocycles. The summed E-state index contributed by atoms with van der Waals surface area (Å²) < 4.78 is 0. The van der Waals surface area contributed by atoms with Crippen LogP contribution in [0.1, 0.15) is 10.4 Å². The second kappa shape index (κ2) is 3.66. The van der Waals surface area contributed by atoms with Crippen molar-refractivity contribution in [2.24, 2.45) is 0 Å². The van der Waals surface area contributed by atoms with Gasteiger partial charge >= 0.3 is 0 Å². The Bertz CT molecular complexity index is 476. The Balaban J connectivity index is 2.56. The second-order valence-electron chi connectivity index (χ2n) is 3.34. The third-order valence-corrected chi connectivity index (χ3v) is 2.39. The first-order valence-corrected chi connectivity index (χ1v) is 4.83. The number of hydrogen-bond donors (Lipinski definition) is 0. The number of fused-ring (bicyclic) bond motifs is 1. The fraction of sp³-hybridized carbons (Fsp3) is 0.0833. The van der Waals surface area contributed by atoms with Crippen molar-refractivity contribution in [2.75, 3.05) is 0 Å². The molecule has 0 aromatic heterocycles. The van der Waals surface area contributed by atoms with Gasteiger partial charge in [-0.25, -0.2) is 0 Å². The fourth-order valence-corrected chi connectivity index (χ4v) is 1.57. The Hall–Kier alpha value is -1.57. The molecule has 2 heteroatoms. The first kappa shape index (κ1) is 9.01. The largest absolute Gasteiger partial charge is 0.306 e. The van der Waals surface area contributed by atoms with E-state index in [0.29, 0.717) is 7.28 Å². The van der Waals surface area contributed by atoms with Crippen LogP contribution >= 0.6 is 0 Å². The van der Waals surface area contributed by atoms with Gasteiger partial charge in [-0.15, -0.1) is 0 Å². The van der Waals surface area contributed by atoms with Gasteiger partial charge in [-0.05, 0) is 16.8 Å².